The van der Waals surface area contributed by atoms with E-state index in [9.17, 15) is 8.78 Å². The van der Waals surface area contributed by atoms with Crippen molar-refractivity contribution in [2.24, 2.45) is 5.41 Å². The van der Waals surface area contributed by atoms with Crippen LogP contribution in [0.5, 0.6) is 0 Å². The molecule has 2 fully saturated rings. The van der Waals surface area contributed by atoms with Crippen molar-refractivity contribution < 1.29 is 8.78 Å². The average molecular weight is 211 g/mol. The summed E-state index contributed by atoms with van der Waals surface area (Å²) in [7, 11) is 0. The maximum Gasteiger partial charge on any atom is 0.219 e. The Hall–Kier alpha value is -1.10. The zero-order valence-corrected chi connectivity index (χ0v) is 8.13. The SMILES string of the molecule is Fc1cc(F)nc(C2CC23CCNC3)n1. The van der Waals surface area contributed by atoms with Crippen molar-refractivity contribution >= 4 is 0 Å². The van der Waals surface area contributed by atoms with Crippen LogP contribution in [0.4, 0.5) is 8.78 Å². The van der Waals surface area contributed by atoms with Gasteiger partial charge in [0.1, 0.15) is 5.82 Å². The summed E-state index contributed by atoms with van der Waals surface area (Å²) < 4.78 is 25.8. The average Bonchev–Trinajstić information content (AvgIpc) is 2.63. The molecule has 1 aliphatic heterocycles. The molecule has 5 heteroatoms. The fraction of sp³-hybridized carbons (Fsp3) is 0.600. The van der Waals surface area contributed by atoms with Crippen LogP contribution in [0.2, 0.25) is 0 Å². The molecule has 3 rings (SSSR count). The van der Waals surface area contributed by atoms with Gasteiger partial charge in [-0.3, -0.25) is 0 Å². The summed E-state index contributed by atoms with van der Waals surface area (Å²) in [6.45, 7) is 1.90. The van der Waals surface area contributed by atoms with E-state index in [1.165, 1.54) is 0 Å². The maximum atomic E-state index is 12.9. The predicted octanol–water partition coefficient (Wildman–Crippen LogP) is 1.22. The summed E-state index contributed by atoms with van der Waals surface area (Å²) in [5, 5.41) is 3.26. The highest BCUT2D eigenvalue weighted by Crippen LogP contribution is 2.61. The third kappa shape index (κ3) is 1.42. The molecule has 15 heavy (non-hydrogen) atoms. The Labute approximate surface area is 85.9 Å². The molecule has 2 heterocycles. The van der Waals surface area contributed by atoms with Crippen molar-refractivity contribution in [3.8, 4) is 0 Å². The molecule has 1 saturated carbocycles. The zero-order chi connectivity index (χ0) is 10.5. The topological polar surface area (TPSA) is 37.8 Å². The molecule has 1 aromatic heterocycles. The Balaban J connectivity index is 1.89. The summed E-state index contributed by atoms with van der Waals surface area (Å²) in [5.41, 5.74) is 0.181. The van der Waals surface area contributed by atoms with E-state index in [2.05, 4.69) is 15.3 Å². The molecular weight excluding hydrogens is 200 g/mol. The highest BCUT2D eigenvalue weighted by atomic mass is 19.1. The Bertz CT molecular complexity index is 381. The van der Waals surface area contributed by atoms with Gasteiger partial charge in [0.2, 0.25) is 11.9 Å². The van der Waals surface area contributed by atoms with Crippen LogP contribution < -0.4 is 5.32 Å². The first-order valence-electron chi connectivity index (χ1n) is 5.10. The van der Waals surface area contributed by atoms with E-state index in [-0.39, 0.29) is 11.3 Å². The fourth-order valence-electron chi connectivity index (χ4n) is 2.51. The number of hydrogen-bond donors (Lipinski definition) is 1. The second-order valence-corrected chi connectivity index (χ2v) is 4.42. The van der Waals surface area contributed by atoms with Crippen LogP contribution in [0.25, 0.3) is 0 Å². The number of halogens is 2. The predicted molar refractivity (Wildman–Crippen MR) is 49.2 cm³/mol. The summed E-state index contributed by atoms with van der Waals surface area (Å²) >= 11 is 0. The fourth-order valence-corrected chi connectivity index (χ4v) is 2.51. The molecule has 80 valence electrons. The first-order chi connectivity index (χ1) is 7.20. The van der Waals surface area contributed by atoms with Gasteiger partial charge >= 0.3 is 0 Å². The molecule has 1 saturated heterocycles. The lowest BCUT2D eigenvalue weighted by Crippen LogP contribution is -2.12. The van der Waals surface area contributed by atoms with Gasteiger partial charge in [-0.25, -0.2) is 9.97 Å². The minimum atomic E-state index is -0.773. The van der Waals surface area contributed by atoms with E-state index in [0.717, 1.165) is 25.9 Å². The quantitative estimate of drug-likeness (QED) is 0.710. The van der Waals surface area contributed by atoms with Gasteiger partial charge in [-0.2, -0.15) is 8.78 Å². The van der Waals surface area contributed by atoms with Gasteiger partial charge in [0.15, 0.2) is 0 Å². The second kappa shape index (κ2) is 2.95. The molecule has 1 spiro atoms. The molecule has 0 aromatic carbocycles. The normalized spacial score (nSPS) is 33.6. The van der Waals surface area contributed by atoms with E-state index < -0.39 is 11.9 Å². The number of nitrogens with zero attached hydrogens (tertiary/aromatic N) is 2. The highest BCUT2D eigenvalue weighted by molar-refractivity contribution is 5.21. The van der Waals surface area contributed by atoms with Crippen molar-refractivity contribution in [1.29, 1.82) is 0 Å². The Kier molecular flexibility index (Phi) is 1.80. The number of hydrogen-bond acceptors (Lipinski definition) is 3. The lowest BCUT2D eigenvalue weighted by atomic mass is 10.0. The minimum absolute atomic E-state index is 0.137. The highest BCUT2D eigenvalue weighted by Gasteiger charge is 2.57. The summed E-state index contributed by atoms with van der Waals surface area (Å²) in [4.78, 5) is 7.34. The molecule has 0 amide bonds. The number of nitrogens with one attached hydrogen (secondary N) is 1. The smallest absolute Gasteiger partial charge is 0.219 e. The second-order valence-electron chi connectivity index (χ2n) is 4.42. The van der Waals surface area contributed by atoms with Crippen molar-refractivity contribution in [2.45, 2.75) is 18.8 Å². The minimum Gasteiger partial charge on any atom is -0.316 e. The van der Waals surface area contributed by atoms with Crippen LogP contribution in [0.3, 0.4) is 0 Å². The molecule has 1 N–H and O–H groups in total. The number of rotatable bonds is 1. The molecule has 0 radical (unpaired) electrons. The summed E-state index contributed by atoms with van der Waals surface area (Å²) in [6.07, 6.45) is 2.00. The number of aromatic nitrogens is 2. The van der Waals surface area contributed by atoms with E-state index in [1.807, 2.05) is 0 Å². The largest absolute Gasteiger partial charge is 0.316 e. The summed E-state index contributed by atoms with van der Waals surface area (Å²) in [5.74, 6) is -1.08. The maximum absolute atomic E-state index is 12.9. The van der Waals surface area contributed by atoms with E-state index >= 15 is 0 Å². The van der Waals surface area contributed by atoms with Gasteiger partial charge in [-0.1, -0.05) is 0 Å². The van der Waals surface area contributed by atoms with Gasteiger partial charge in [-0.15, -0.1) is 0 Å². The lowest BCUT2D eigenvalue weighted by Gasteiger charge is -2.05. The van der Waals surface area contributed by atoms with Crippen molar-refractivity contribution in [2.75, 3.05) is 13.1 Å². The molecule has 1 aromatic rings. The van der Waals surface area contributed by atoms with Gasteiger partial charge in [0.05, 0.1) is 0 Å². The van der Waals surface area contributed by atoms with Gasteiger partial charge in [0.25, 0.3) is 0 Å². The van der Waals surface area contributed by atoms with E-state index in [0.29, 0.717) is 11.9 Å². The van der Waals surface area contributed by atoms with Crippen LogP contribution in [-0.4, -0.2) is 23.1 Å². The van der Waals surface area contributed by atoms with E-state index in [4.69, 9.17) is 0 Å². The first-order valence-corrected chi connectivity index (χ1v) is 5.10. The molecule has 1 aliphatic carbocycles. The monoisotopic (exact) mass is 211 g/mol. The van der Waals surface area contributed by atoms with Crippen LogP contribution in [0.1, 0.15) is 24.6 Å². The van der Waals surface area contributed by atoms with E-state index in [1.54, 1.807) is 0 Å². The molecule has 2 unspecified atom stereocenters. The summed E-state index contributed by atoms with van der Waals surface area (Å²) in [6, 6.07) is 0.714. The molecule has 2 atom stereocenters. The Morgan fingerprint density at radius 1 is 1.33 bits per heavy atom. The Morgan fingerprint density at radius 2 is 2.07 bits per heavy atom. The van der Waals surface area contributed by atoms with Crippen molar-refractivity contribution in [3.05, 3.63) is 23.8 Å². The zero-order valence-electron chi connectivity index (χ0n) is 8.13. The van der Waals surface area contributed by atoms with Gasteiger partial charge < -0.3 is 5.32 Å². The van der Waals surface area contributed by atoms with Crippen molar-refractivity contribution in [1.82, 2.24) is 15.3 Å². The van der Waals surface area contributed by atoms with Gasteiger partial charge in [-0.05, 0) is 24.8 Å². The molecular formula is C10H11F2N3. The van der Waals surface area contributed by atoms with Crippen LogP contribution in [0, 0.1) is 17.3 Å². The Morgan fingerprint density at radius 3 is 2.67 bits per heavy atom. The van der Waals surface area contributed by atoms with Gasteiger partial charge in [0, 0.05) is 18.5 Å². The first kappa shape index (κ1) is 9.15. The third-order valence-corrected chi connectivity index (χ3v) is 3.46. The van der Waals surface area contributed by atoms with Crippen LogP contribution >= 0.6 is 0 Å². The van der Waals surface area contributed by atoms with Crippen LogP contribution in [-0.2, 0) is 0 Å². The lowest BCUT2D eigenvalue weighted by molar-refractivity contribution is 0.491. The standard InChI is InChI=1S/C10H11F2N3/c11-7-3-8(12)15-9(14-7)6-4-10(6)1-2-13-5-10/h3,6,13H,1-2,4-5H2. The molecule has 0 bridgehead atoms. The van der Waals surface area contributed by atoms with Crippen LogP contribution in [0.15, 0.2) is 6.07 Å². The molecule has 3 nitrogen and oxygen atoms in total. The third-order valence-electron chi connectivity index (χ3n) is 3.46. The molecule has 2 aliphatic rings. The van der Waals surface area contributed by atoms with Crippen molar-refractivity contribution in [3.63, 3.8) is 0 Å².